The number of benzene rings is 1. The van der Waals surface area contributed by atoms with E-state index in [1.54, 1.807) is 36.0 Å². The maximum atomic E-state index is 12.3. The van der Waals surface area contributed by atoms with Crippen molar-refractivity contribution in [3.63, 3.8) is 0 Å². The molecule has 2 N–H and O–H groups in total. The van der Waals surface area contributed by atoms with E-state index < -0.39 is 6.04 Å². The van der Waals surface area contributed by atoms with Gasteiger partial charge in [-0.05, 0) is 23.4 Å². The van der Waals surface area contributed by atoms with Gasteiger partial charge in [-0.15, -0.1) is 10.2 Å². The first-order valence-electron chi connectivity index (χ1n) is 7.26. The van der Waals surface area contributed by atoms with Crippen molar-refractivity contribution in [2.24, 2.45) is 0 Å². The summed E-state index contributed by atoms with van der Waals surface area (Å²) < 4.78 is 0.809. The number of aromatic nitrogens is 2. The molecule has 0 saturated carbocycles. The third-order valence-corrected chi connectivity index (χ3v) is 5.07. The number of rotatable bonds is 7. The summed E-state index contributed by atoms with van der Waals surface area (Å²) in [6.07, 6.45) is 0.0943. The van der Waals surface area contributed by atoms with Crippen molar-refractivity contribution in [2.75, 3.05) is 11.1 Å². The van der Waals surface area contributed by atoms with Crippen molar-refractivity contribution < 1.29 is 9.59 Å². The van der Waals surface area contributed by atoms with Gasteiger partial charge < -0.3 is 10.6 Å². The van der Waals surface area contributed by atoms with Crippen molar-refractivity contribution >= 4 is 51.6 Å². The topological polar surface area (TPSA) is 84.0 Å². The number of thioether (sulfide) groups is 1. The predicted octanol–water partition coefficient (Wildman–Crippen LogP) is 3.51. The van der Waals surface area contributed by atoms with E-state index in [0.717, 1.165) is 15.7 Å². The smallest absolute Gasteiger partial charge is 0.228 e. The second-order valence-corrected chi connectivity index (χ2v) is 7.79. The first-order valence-corrected chi connectivity index (χ1v) is 9.44. The van der Waals surface area contributed by atoms with Gasteiger partial charge in [0.1, 0.15) is 0 Å². The van der Waals surface area contributed by atoms with Crippen molar-refractivity contribution in [3.05, 3.63) is 34.9 Å². The van der Waals surface area contributed by atoms with E-state index in [4.69, 9.17) is 11.6 Å². The zero-order valence-electron chi connectivity index (χ0n) is 13.2. The number of hydrogen-bond donors (Lipinski definition) is 2. The summed E-state index contributed by atoms with van der Waals surface area (Å²) in [5.74, 6) is 0.442. The normalized spacial score (nSPS) is 11.8. The van der Waals surface area contributed by atoms with Gasteiger partial charge in [-0.1, -0.05) is 53.8 Å². The van der Waals surface area contributed by atoms with E-state index in [1.165, 1.54) is 18.3 Å². The van der Waals surface area contributed by atoms with Crippen LogP contribution in [0.25, 0.3) is 0 Å². The van der Waals surface area contributed by atoms with E-state index in [2.05, 4.69) is 20.8 Å². The molecule has 1 atom stereocenters. The van der Waals surface area contributed by atoms with Gasteiger partial charge in [-0.2, -0.15) is 0 Å². The minimum atomic E-state index is -0.433. The van der Waals surface area contributed by atoms with Gasteiger partial charge in [0.15, 0.2) is 4.34 Å². The molecule has 0 aliphatic heterocycles. The van der Waals surface area contributed by atoms with Crippen LogP contribution in [0.3, 0.4) is 0 Å². The molecule has 1 aromatic carbocycles. The first kappa shape index (κ1) is 18.7. The Morgan fingerprint density at radius 1 is 1.29 bits per heavy atom. The molecule has 6 nitrogen and oxygen atoms in total. The Labute approximate surface area is 153 Å². The number of amides is 2. The Hall–Kier alpha value is -1.64. The fraction of sp³-hybridized carbons (Fsp3) is 0.333. The van der Waals surface area contributed by atoms with E-state index in [1.807, 2.05) is 6.92 Å². The fourth-order valence-electron chi connectivity index (χ4n) is 1.99. The summed E-state index contributed by atoms with van der Waals surface area (Å²) in [5.41, 5.74) is 0.809. The second-order valence-electron chi connectivity index (χ2n) is 4.86. The lowest BCUT2D eigenvalue weighted by molar-refractivity contribution is -0.120. The number of nitrogens with zero attached hydrogens (tertiary/aromatic N) is 2. The van der Waals surface area contributed by atoms with Crippen LogP contribution in [0, 0.1) is 0 Å². The van der Waals surface area contributed by atoms with E-state index >= 15 is 0 Å². The first-order chi connectivity index (χ1) is 11.5. The largest absolute Gasteiger partial charge is 0.349 e. The predicted molar refractivity (Wildman–Crippen MR) is 97.6 cm³/mol. The highest BCUT2D eigenvalue weighted by Crippen LogP contribution is 2.26. The molecule has 0 bridgehead atoms. The molecular weight excluding hydrogens is 368 g/mol. The molecule has 0 saturated heterocycles. The zero-order valence-corrected chi connectivity index (χ0v) is 15.6. The van der Waals surface area contributed by atoms with Crippen LogP contribution < -0.4 is 10.6 Å². The van der Waals surface area contributed by atoms with Gasteiger partial charge >= 0.3 is 0 Å². The van der Waals surface area contributed by atoms with Crippen LogP contribution in [0.5, 0.6) is 0 Å². The lowest BCUT2D eigenvalue weighted by Crippen LogP contribution is -2.29. The number of nitrogens with one attached hydrogen (secondary N) is 2. The number of hydrogen-bond acceptors (Lipinski definition) is 6. The molecule has 1 aromatic heterocycles. The minimum absolute atomic E-state index is 0.0943. The molecule has 9 heteroatoms. The second kappa shape index (κ2) is 9.00. The summed E-state index contributed by atoms with van der Waals surface area (Å²) in [6, 6.07) is 6.59. The van der Waals surface area contributed by atoms with Crippen LogP contribution in [-0.4, -0.2) is 27.8 Å². The lowest BCUT2D eigenvalue weighted by atomic mass is 10.0. The third kappa shape index (κ3) is 5.77. The minimum Gasteiger partial charge on any atom is -0.349 e. The molecule has 0 aliphatic carbocycles. The molecule has 24 heavy (non-hydrogen) atoms. The molecule has 128 valence electrons. The summed E-state index contributed by atoms with van der Waals surface area (Å²) in [5, 5.41) is 14.5. The van der Waals surface area contributed by atoms with Crippen LogP contribution in [0.15, 0.2) is 28.6 Å². The summed E-state index contributed by atoms with van der Waals surface area (Å²) >= 11 is 8.78. The van der Waals surface area contributed by atoms with E-state index in [-0.39, 0.29) is 18.2 Å². The highest BCUT2D eigenvalue weighted by atomic mass is 35.5. The Morgan fingerprint density at radius 3 is 2.62 bits per heavy atom. The van der Waals surface area contributed by atoms with E-state index in [0.29, 0.717) is 10.2 Å². The monoisotopic (exact) mass is 384 g/mol. The Morgan fingerprint density at radius 2 is 2.00 bits per heavy atom. The highest BCUT2D eigenvalue weighted by Gasteiger charge is 2.18. The molecular formula is C15H17ClN4O2S2. The van der Waals surface area contributed by atoms with Crippen LogP contribution in [-0.2, 0) is 9.59 Å². The van der Waals surface area contributed by atoms with Gasteiger partial charge in [0.2, 0.25) is 16.9 Å². The molecule has 0 aliphatic rings. The van der Waals surface area contributed by atoms with Gasteiger partial charge in [0.25, 0.3) is 0 Å². The number of carbonyl (C=O) groups excluding carboxylic acids is 2. The highest BCUT2D eigenvalue weighted by molar-refractivity contribution is 8.01. The number of halogens is 1. The van der Waals surface area contributed by atoms with Crippen molar-refractivity contribution in [3.8, 4) is 0 Å². The quantitative estimate of drug-likeness (QED) is 0.563. The molecule has 2 aromatic rings. The fourth-order valence-corrected chi connectivity index (χ4v) is 3.78. The molecule has 0 spiro atoms. The Balaban J connectivity index is 2.03. The van der Waals surface area contributed by atoms with Gasteiger partial charge in [0.05, 0.1) is 12.5 Å². The number of anilines is 1. The third-order valence-electron chi connectivity index (χ3n) is 2.96. The van der Waals surface area contributed by atoms with Crippen LogP contribution in [0.4, 0.5) is 5.13 Å². The van der Waals surface area contributed by atoms with Gasteiger partial charge in [0, 0.05) is 11.9 Å². The molecule has 2 rings (SSSR count). The standard InChI is InChI=1S/C15H17ClN4O2S2/c1-3-23-15-20-19-14(24-15)18-13(22)8-12(17-9(2)21)10-4-6-11(16)7-5-10/h4-7,12H,3,8H2,1-2H3,(H,17,21)(H,18,19,22)/t12-/m0/s1. The summed E-state index contributed by atoms with van der Waals surface area (Å²) in [6.45, 7) is 3.44. The van der Waals surface area contributed by atoms with Crippen molar-refractivity contribution in [2.45, 2.75) is 30.6 Å². The maximum Gasteiger partial charge on any atom is 0.228 e. The number of carbonyl (C=O) groups is 2. The van der Waals surface area contributed by atoms with Crippen molar-refractivity contribution in [1.82, 2.24) is 15.5 Å². The molecule has 0 unspecified atom stereocenters. The zero-order chi connectivity index (χ0) is 17.5. The molecule has 0 radical (unpaired) electrons. The Bertz CT molecular complexity index is 706. The van der Waals surface area contributed by atoms with Crippen LogP contribution >= 0.6 is 34.7 Å². The van der Waals surface area contributed by atoms with E-state index in [9.17, 15) is 9.59 Å². The van der Waals surface area contributed by atoms with Crippen LogP contribution in [0.2, 0.25) is 5.02 Å². The molecule has 2 amide bonds. The summed E-state index contributed by atoms with van der Waals surface area (Å²) in [7, 11) is 0. The molecule has 0 fully saturated rings. The lowest BCUT2D eigenvalue weighted by Gasteiger charge is -2.17. The van der Waals surface area contributed by atoms with Gasteiger partial charge in [-0.25, -0.2) is 0 Å². The van der Waals surface area contributed by atoms with Crippen LogP contribution in [0.1, 0.15) is 31.9 Å². The Kier molecular flexibility index (Phi) is 7.01. The average molecular weight is 385 g/mol. The summed E-state index contributed by atoms with van der Waals surface area (Å²) in [4.78, 5) is 23.7. The maximum absolute atomic E-state index is 12.3. The van der Waals surface area contributed by atoms with Gasteiger partial charge in [-0.3, -0.25) is 9.59 Å². The SMILES string of the molecule is CCSc1nnc(NC(=O)C[C@H](NC(C)=O)c2ccc(Cl)cc2)s1. The average Bonchev–Trinajstić information content (AvgIpc) is 2.94. The van der Waals surface area contributed by atoms with Crippen molar-refractivity contribution in [1.29, 1.82) is 0 Å². The molecule has 1 heterocycles.